The normalized spacial score (nSPS) is 10.7. The Balaban J connectivity index is 1.83. The van der Waals surface area contributed by atoms with Gasteiger partial charge in [0.15, 0.2) is 11.3 Å². The van der Waals surface area contributed by atoms with Gasteiger partial charge in [-0.15, -0.1) is 0 Å². The van der Waals surface area contributed by atoms with Crippen LogP contribution < -0.4 is 10.5 Å². The van der Waals surface area contributed by atoms with Gasteiger partial charge >= 0.3 is 5.76 Å². The summed E-state index contributed by atoms with van der Waals surface area (Å²) in [5, 5.41) is 0.788. The van der Waals surface area contributed by atoms with Crippen molar-refractivity contribution >= 4 is 11.0 Å². The second-order valence-electron chi connectivity index (χ2n) is 4.65. The molecule has 0 amide bonds. The lowest BCUT2D eigenvalue weighted by Crippen LogP contribution is -2.07. The number of aryl methyl sites for hydroxylation is 1. The summed E-state index contributed by atoms with van der Waals surface area (Å²) >= 11 is 0. The maximum atomic E-state index is 11.4. The summed E-state index contributed by atoms with van der Waals surface area (Å²) in [5.41, 5.74) is 2.23. The number of hydrogen-bond acceptors (Lipinski definition) is 5. The molecule has 0 aliphatic heterocycles. The fourth-order valence-electron chi connectivity index (χ4n) is 2.16. The molecule has 3 rings (SSSR count). The summed E-state index contributed by atoms with van der Waals surface area (Å²) in [6, 6.07) is 9.40. The number of ether oxygens (including phenoxy) is 1. The Hall–Kier alpha value is -2.69. The zero-order chi connectivity index (χ0) is 14.7. The molecule has 0 unspecified atom stereocenters. The van der Waals surface area contributed by atoms with Crippen LogP contribution in [0.2, 0.25) is 0 Å². The molecule has 5 nitrogen and oxygen atoms in total. The van der Waals surface area contributed by atoms with E-state index in [-0.39, 0.29) is 0 Å². The van der Waals surface area contributed by atoms with E-state index in [2.05, 4.69) is 9.97 Å². The molecule has 0 bridgehead atoms. The third kappa shape index (κ3) is 2.91. The predicted octanol–water partition coefficient (Wildman–Crippen LogP) is 2.51. The van der Waals surface area contributed by atoms with Gasteiger partial charge in [-0.1, -0.05) is 6.07 Å². The average Bonchev–Trinajstić information content (AvgIpc) is 2.49. The highest BCUT2D eigenvalue weighted by Gasteiger charge is 2.09. The van der Waals surface area contributed by atoms with E-state index in [0.717, 1.165) is 17.4 Å². The van der Waals surface area contributed by atoms with Gasteiger partial charge in [-0.25, -0.2) is 4.79 Å². The predicted molar refractivity (Wildman–Crippen MR) is 78.5 cm³/mol. The molecule has 0 N–H and O–H groups in total. The van der Waals surface area contributed by atoms with Crippen molar-refractivity contribution in [1.29, 1.82) is 0 Å². The van der Waals surface area contributed by atoms with Gasteiger partial charge < -0.3 is 9.15 Å². The van der Waals surface area contributed by atoms with Crippen LogP contribution in [-0.2, 0) is 6.42 Å². The van der Waals surface area contributed by atoms with Gasteiger partial charge in [0.1, 0.15) is 0 Å². The van der Waals surface area contributed by atoms with Crippen molar-refractivity contribution in [3.63, 3.8) is 0 Å². The molecule has 21 heavy (non-hydrogen) atoms. The van der Waals surface area contributed by atoms with E-state index in [1.165, 1.54) is 0 Å². The quantitative estimate of drug-likeness (QED) is 0.735. The largest absolute Gasteiger partial charge is 0.489 e. The number of nitrogens with zero attached hydrogens (tertiary/aromatic N) is 2. The Kier molecular flexibility index (Phi) is 3.64. The minimum absolute atomic E-state index is 0.449. The second kappa shape index (κ2) is 5.75. The SMILES string of the molecule is Cc1nc(=O)oc2c(OCCc3ccncc3)cccc12. The highest BCUT2D eigenvalue weighted by Crippen LogP contribution is 2.25. The lowest BCUT2D eigenvalue weighted by molar-refractivity contribution is 0.318. The van der Waals surface area contributed by atoms with E-state index in [1.54, 1.807) is 25.4 Å². The van der Waals surface area contributed by atoms with E-state index in [4.69, 9.17) is 9.15 Å². The molecule has 0 atom stereocenters. The Morgan fingerprint density at radius 2 is 2.00 bits per heavy atom. The lowest BCUT2D eigenvalue weighted by Gasteiger charge is -2.08. The molecule has 1 aromatic carbocycles. The van der Waals surface area contributed by atoms with Crippen molar-refractivity contribution in [2.24, 2.45) is 0 Å². The number of aromatic nitrogens is 2. The van der Waals surface area contributed by atoms with Crippen LogP contribution in [0.5, 0.6) is 5.75 Å². The van der Waals surface area contributed by atoms with Crippen LogP contribution in [0.1, 0.15) is 11.3 Å². The van der Waals surface area contributed by atoms with Gasteiger partial charge in [-0.05, 0) is 36.8 Å². The van der Waals surface area contributed by atoms with Gasteiger partial charge in [0.2, 0.25) is 0 Å². The molecule has 5 heteroatoms. The zero-order valence-electron chi connectivity index (χ0n) is 11.6. The van der Waals surface area contributed by atoms with Crippen LogP contribution in [0.25, 0.3) is 11.0 Å². The number of hydrogen-bond donors (Lipinski definition) is 0. The first-order chi connectivity index (χ1) is 10.2. The van der Waals surface area contributed by atoms with Crippen molar-refractivity contribution < 1.29 is 9.15 Å². The highest BCUT2D eigenvalue weighted by atomic mass is 16.5. The highest BCUT2D eigenvalue weighted by molar-refractivity contribution is 5.84. The molecule has 2 heterocycles. The van der Waals surface area contributed by atoms with Crippen LogP contribution >= 0.6 is 0 Å². The van der Waals surface area contributed by atoms with Crippen LogP contribution in [0.3, 0.4) is 0 Å². The lowest BCUT2D eigenvalue weighted by atomic mass is 10.2. The molecule has 3 aromatic rings. The Morgan fingerprint density at radius 3 is 2.81 bits per heavy atom. The summed E-state index contributed by atoms with van der Waals surface area (Å²) in [6.45, 7) is 2.27. The first-order valence-electron chi connectivity index (χ1n) is 6.66. The van der Waals surface area contributed by atoms with Crippen molar-refractivity contribution in [2.75, 3.05) is 6.61 Å². The summed E-state index contributed by atoms with van der Waals surface area (Å²) in [4.78, 5) is 19.2. The zero-order valence-corrected chi connectivity index (χ0v) is 11.6. The Bertz CT molecular complexity index is 813. The maximum absolute atomic E-state index is 11.4. The Morgan fingerprint density at radius 1 is 1.19 bits per heavy atom. The van der Waals surface area contributed by atoms with Gasteiger partial charge in [0, 0.05) is 24.2 Å². The Labute approximate surface area is 121 Å². The van der Waals surface area contributed by atoms with Gasteiger partial charge in [0.05, 0.1) is 12.3 Å². The van der Waals surface area contributed by atoms with Crippen LogP contribution in [0, 0.1) is 6.92 Å². The molecule has 106 valence electrons. The van der Waals surface area contributed by atoms with Crippen LogP contribution in [-0.4, -0.2) is 16.6 Å². The summed E-state index contributed by atoms with van der Waals surface area (Å²) in [6.07, 6.45) is 4.26. The minimum Gasteiger partial charge on any atom is -0.489 e. The molecular weight excluding hydrogens is 268 g/mol. The molecule has 0 aliphatic rings. The molecule has 2 aromatic heterocycles. The van der Waals surface area contributed by atoms with Crippen molar-refractivity contribution in [1.82, 2.24) is 9.97 Å². The number of para-hydroxylation sites is 1. The maximum Gasteiger partial charge on any atom is 0.439 e. The molecular formula is C16H14N2O3. The van der Waals surface area contributed by atoms with Gasteiger partial charge in [0.25, 0.3) is 0 Å². The minimum atomic E-state index is -0.606. The standard InChI is InChI=1S/C16H14N2O3/c1-11-13-3-2-4-14(15(13)21-16(19)18-11)20-10-7-12-5-8-17-9-6-12/h2-6,8-9H,7,10H2,1H3. The smallest absolute Gasteiger partial charge is 0.439 e. The summed E-state index contributed by atoms with van der Waals surface area (Å²) in [5.74, 6) is -0.0469. The first-order valence-corrected chi connectivity index (χ1v) is 6.66. The molecule has 0 aliphatic carbocycles. The van der Waals surface area contributed by atoms with Gasteiger partial charge in [-0.2, -0.15) is 4.98 Å². The van der Waals surface area contributed by atoms with E-state index in [1.807, 2.05) is 24.3 Å². The topological polar surface area (TPSA) is 65.2 Å². The molecule has 0 saturated carbocycles. The van der Waals surface area contributed by atoms with Crippen LogP contribution in [0.15, 0.2) is 51.9 Å². The van der Waals surface area contributed by atoms with Crippen molar-refractivity contribution in [3.05, 3.63) is 64.5 Å². The fourth-order valence-corrected chi connectivity index (χ4v) is 2.16. The molecule has 0 saturated heterocycles. The third-order valence-electron chi connectivity index (χ3n) is 3.21. The fraction of sp³-hybridized carbons (Fsp3) is 0.188. The molecule has 0 fully saturated rings. The monoisotopic (exact) mass is 282 g/mol. The molecule has 0 spiro atoms. The second-order valence-corrected chi connectivity index (χ2v) is 4.65. The van der Waals surface area contributed by atoms with Crippen molar-refractivity contribution in [2.45, 2.75) is 13.3 Å². The van der Waals surface area contributed by atoms with E-state index >= 15 is 0 Å². The number of pyridine rings is 1. The number of benzene rings is 1. The number of rotatable bonds is 4. The van der Waals surface area contributed by atoms with E-state index in [9.17, 15) is 4.79 Å². The van der Waals surface area contributed by atoms with E-state index < -0.39 is 5.76 Å². The van der Waals surface area contributed by atoms with Crippen molar-refractivity contribution in [3.8, 4) is 5.75 Å². The summed E-state index contributed by atoms with van der Waals surface area (Å²) < 4.78 is 10.9. The van der Waals surface area contributed by atoms with Gasteiger partial charge in [-0.3, -0.25) is 4.98 Å². The van der Waals surface area contributed by atoms with Crippen LogP contribution in [0.4, 0.5) is 0 Å². The summed E-state index contributed by atoms with van der Waals surface area (Å²) in [7, 11) is 0. The first kappa shape index (κ1) is 13.3. The number of fused-ring (bicyclic) bond motifs is 1. The molecule has 0 radical (unpaired) electrons. The average molecular weight is 282 g/mol. The van der Waals surface area contributed by atoms with E-state index in [0.29, 0.717) is 23.6 Å². The third-order valence-corrected chi connectivity index (χ3v) is 3.21.